The Bertz CT molecular complexity index is 1740. The van der Waals surface area contributed by atoms with Crippen LogP contribution < -0.4 is 15.4 Å². The van der Waals surface area contributed by atoms with Crippen molar-refractivity contribution >= 4 is 43.6 Å². The number of nitrogens with one attached hydrogen (secondary N) is 3. The van der Waals surface area contributed by atoms with Crippen molar-refractivity contribution < 1.29 is 13.2 Å². The number of aromatic amines is 1. The SMILES string of the molecule is COc1cccc2c(Nc3ccc(S(=O)(=O)c4ccc(Nc5cc(C(C)(C)C)[nH]n5)cc4)cc3)cc(C)nc12. The summed E-state index contributed by atoms with van der Waals surface area (Å²) >= 11 is 0. The molecule has 0 saturated heterocycles. The number of hydrogen-bond acceptors (Lipinski definition) is 7. The fourth-order valence-corrected chi connectivity index (χ4v) is 5.52. The van der Waals surface area contributed by atoms with Gasteiger partial charge in [-0.2, -0.15) is 5.10 Å². The number of H-pyrrole nitrogens is 1. The Labute approximate surface area is 228 Å². The number of hydrogen-bond donors (Lipinski definition) is 3. The van der Waals surface area contributed by atoms with Crippen molar-refractivity contribution in [2.24, 2.45) is 0 Å². The first-order chi connectivity index (χ1) is 18.5. The van der Waals surface area contributed by atoms with Gasteiger partial charge >= 0.3 is 0 Å². The second-order valence-electron chi connectivity index (χ2n) is 10.4. The predicted octanol–water partition coefficient (Wildman–Crippen LogP) is 6.89. The normalized spacial score (nSPS) is 11.9. The van der Waals surface area contributed by atoms with E-state index >= 15 is 0 Å². The molecule has 200 valence electrons. The number of aryl methyl sites for hydroxylation is 1. The summed E-state index contributed by atoms with van der Waals surface area (Å²) < 4.78 is 32.1. The number of pyridine rings is 1. The lowest BCUT2D eigenvalue weighted by Gasteiger charge is -2.14. The molecule has 2 aromatic heterocycles. The minimum Gasteiger partial charge on any atom is -0.494 e. The predicted molar refractivity (Wildman–Crippen MR) is 155 cm³/mol. The minimum atomic E-state index is -3.69. The number of anilines is 4. The zero-order valence-corrected chi connectivity index (χ0v) is 23.3. The minimum absolute atomic E-state index is 0.0471. The van der Waals surface area contributed by atoms with Crippen LogP contribution in [-0.2, 0) is 15.3 Å². The first kappa shape index (κ1) is 26.2. The van der Waals surface area contributed by atoms with Gasteiger partial charge in [-0.15, -0.1) is 0 Å². The van der Waals surface area contributed by atoms with Crippen LogP contribution in [0.5, 0.6) is 5.75 Å². The topological polar surface area (TPSA) is 109 Å². The second-order valence-corrected chi connectivity index (χ2v) is 12.3. The number of ether oxygens (including phenoxy) is 1. The number of fused-ring (bicyclic) bond motifs is 1. The van der Waals surface area contributed by atoms with Crippen LogP contribution in [0.1, 0.15) is 32.2 Å². The Kier molecular flexibility index (Phi) is 6.78. The molecule has 2 heterocycles. The maximum Gasteiger partial charge on any atom is 0.206 e. The van der Waals surface area contributed by atoms with Gasteiger partial charge in [0.25, 0.3) is 0 Å². The van der Waals surface area contributed by atoms with Gasteiger partial charge < -0.3 is 15.4 Å². The van der Waals surface area contributed by atoms with E-state index in [0.29, 0.717) is 11.6 Å². The monoisotopic (exact) mass is 541 g/mol. The Morgan fingerprint density at radius 3 is 2.03 bits per heavy atom. The second kappa shape index (κ2) is 10.1. The molecule has 0 atom stereocenters. The standard InChI is InChI=1S/C30H31N5O3S/c1-19-17-25(24-7-6-8-26(38-5)29(24)31-19)32-20-9-13-22(14-10-20)39(36,37)23-15-11-21(12-16-23)33-28-18-27(34-35-28)30(2,3)4/h6-18H,1-5H3,(H,31,32)(H2,33,34,35). The van der Waals surface area contributed by atoms with Crippen LogP contribution in [0.4, 0.5) is 22.9 Å². The lowest BCUT2D eigenvalue weighted by atomic mass is 9.92. The number of para-hydroxylation sites is 1. The summed E-state index contributed by atoms with van der Waals surface area (Å²) in [7, 11) is -2.07. The van der Waals surface area contributed by atoms with Gasteiger partial charge in [0, 0.05) is 45.3 Å². The summed E-state index contributed by atoms with van der Waals surface area (Å²) in [6.45, 7) is 8.23. The fraction of sp³-hybridized carbons (Fsp3) is 0.200. The molecule has 5 aromatic rings. The highest BCUT2D eigenvalue weighted by molar-refractivity contribution is 7.91. The summed E-state index contributed by atoms with van der Waals surface area (Å²) in [5.41, 5.74) is 4.94. The first-order valence-electron chi connectivity index (χ1n) is 12.5. The average molecular weight is 542 g/mol. The third-order valence-corrected chi connectivity index (χ3v) is 8.20. The molecule has 0 saturated carbocycles. The Hall–Kier alpha value is -4.37. The van der Waals surface area contributed by atoms with E-state index in [2.05, 4.69) is 46.6 Å². The van der Waals surface area contributed by atoms with E-state index in [4.69, 9.17) is 4.74 Å². The van der Waals surface area contributed by atoms with E-state index in [1.807, 2.05) is 37.3 Å². The van der Waals surface area contributed by atoms with Crippen LogP contribution in [-0.4, -0.2) is 30.7 Å². The summed E-state index contributed by atoms with van der Waals surface area (Å²) in [4.78, 5) is 5.05. The van der Waals surface area contributed by atoms with Gasteiger partial charge in [0.1, 0.15) is 11.3 Å². The highest BCUT2D eigenvalue weighted by Gasteiger charge is 2.19. The van der Waals surface area contributed by atoms with E-state index in [0.717, 1.165) is 39.4 Å². The highest BCUT2D eigenvalue weighted by atomic mass is 32.2. The molecule has 0 radical (unpaired) electrons. The number of rotatable bonds is 7. The Balaban J connectivity index is 1.33. The third kappa shape index (κ3) is 5.44. The molecule has 0 fully saturated rings. The number of nitrogens with zero attached hydrogens (tertiary/aromatic N) is 2. The Morgan fingerprint density at radius 1 is 0.846 bits per heavy atom. The third-order valence-electron chi connectivity index (χ3n) is 6.42. The molecule has 0 bridgehead atoms. The van der Waals surface area contributed by atoms with Crippen molar-refractivity contribution in [1.29, 1.82) is 0 Å². The number of benzene rings is 3. The molecule has 8 nitrogen and oxygen atoms in total. The Morgan fingerprint density at radius 2 is 1.46 bits per heavy atom. The van der Waals surface area contributed by atoms with E-state index in [1.54, 1.807) is 55.6 Å². The van der Waals surface area contributed by atoms with Crippen LogP contribution in [0.15, 0.2) is 88.7 Å². The van der Waals surface area contributed by atoms with Crippen LogP contribution in [0.2, 0.25) is 0 Å². The molecule has 5 rings (SSSR count). The van der Waals surface area contributed by atoms with Gasteiger partial charge in [0.15, 0.2) is 5.82 Å². The number of sulfone groups is 1. The van der Waals surface area contributed by atoms with Gasteiger partial charge in [0.05, 0.1) is 16.9 Å². The average Bonchev–Trinajstić information content (AvgIpc) is 3.38. The van der Waals surface area contributed by atoms with E-state index < -0.39 is 9.84 Å². The van der Waals surface area contributed by atoms with Crippen LogP contribution >= 0.6 is 0 Å². The summed E-state index contributed by atoms with van der Waals surface area (Å²) in [5, 5.41) is 14.8. The van der Waals surface area contributed by atoms with E-state index in [1.165, 1.54) is 0 Å². The largest absolute Gasteiger partial charge is 0.494 e. The van der Waals surface area contributed by atoms with E-state index in [9.17, 15) is 8.42 Å². The van der Waals surface area contributed by atoms with Crippen molar-refractivity contribution in [3.05, 3.63) is 90.3 Å². The maximum atomic E-state index is 13.3. The highest BCUT2D eigenvalue weighted by Crippen LogP contribution is 2.32. The van der Waals surface area contributed by atoms with Crippen LogP contribution in [0.25, 0.3) is 10.9 Å². The summed E-state index contributed by atoms with van der Waals surface area (Å²) in [6.07, 6.45) is 0. The lowest BCUT2D eigenvalue weighted by Crippen LogP contribution is -2.11. The van der Waals surface area contributed by atoms with Crippen molar-refractivity contribution in [3.8, 4) is 5.75 Å². The zero-order chi connectivity index (χ0) is 27.8. The van der Waals surface area contributed by atoms with Crippen molar-refractivity contribution in [2.45, 2.75) is 42.9 Å². The molecule has 3 N–H and O–H groups in total. The van der Waals surface area contributed by atoms with Gasteiger partial charge in [-0.25, -0.2) is 13.4 Å². The van der Waals surface area contributed by atoms with Crippen molar-refractivity contribution in [1.82, 2.24) is 15.2 Å². The number of methoxy groups -OCH3 is 1. The lowest BCUT2D eigenvalue weighted by molar-refractivity contribution is 0.419. The maximum absolute atomic E-state index is 13.3. The molecule has 0 aliphatic heterocycles. The fourth-order valence-electron chi connectivity index (χ4n) is 4.26. The van der Waals surface area contributed by atoms with Crippen LogP contribution in [0, 0.1) is 6.92 Å². The zero-order valence-electron chi connectivity index (χ0n) is 22.5. The molecule has 39 heavy (non-hydrogen) atoms. The first-order valence-corrected chi connectivity index (χ1v) is 14.0. The molecule has 0 amide bonds. The molecule has 9 heteroatoms. The molecular formula is C30H31N5O3S. The van der Waals surface area contributed by atoms with Gasteiger partial charge in [0.2, 0.25) is 9.84 Å². The van der Waals surface area contributed by atoms with Crippen molar-refractivity contribution in [3.63, 3.8) is 0 Å². The van der Waals surface area contributed by atoms with Crippen molar-refractivity contribution in [2.75, 3.05) is 17.7 Å². The molecule has 0 aliphatic carbocycles. The molecule has 0 aliphatic rings. The van der Waals surface area contributed by atoms with Gasteiger partial charge in [-0.3, -0.25) is 5.10 Å². The molecule has 3 aromatic carbocycles. The smallest absolute Gasteiger partial charge is 0.206 e. The van der Waals surface area contributed by atoms with Gasteiger partial charge in [-0.05, 0) is 67.6 Å². The van der Waals surface area contributed by atoms with Gasteiger partial charge in [-0.1, -0.05) is 32.9 Å². The van der Waals surface area contributed by atoms with Crippen LogP contribution in [0.3, 0.4) is 0 Å². The molecular weight excluding hydrogens is 510 g/mol. The molecule has 0 spiro atoms. The molecule has 0 unspecified atom stereocenters. The summed E-state index contributed by atoms with van der Waals surface area (Å²) in [5.74, 6) is 1.37. The quantitative estimate of drug-likeness (QED) is 0.206. The summed E-state index contributed by atoms with van der Waals surface area (Å²) in [6, 6.07) is 23.1. The van der Waals surface area contributed by atoms with E-state index in [-0.39, 0.29) is 15.2 Å². The number of aromatic nitrogens is 3.